The smallest absolute Gasteiger partial charge is 0.158 e. The third kappa shape index (κ3) is 5.35. The van der Waals surface area contributed by atoms with Gasteiger partial charge < -0.3 is 4.74 Å². The van der Waals surface area contributed by atoms with Crippen LogP contribution in [0.4, 0.5) is 0 Å². The van der Waals surface area contributed by atoms with Crippen molar-refractivity contribution in [3.05, 3.63) is 48.2 Å². The summed E-state index contributed by atoms with van der Waals surface area (Å²) in [6.45, 7) is 2.60. The molecule has 16 heavy (non-hydrogen) atoms. The minimum Gasteiger partial charge on any atom is -0.501 e. The quantitative estimate of drug-likeness (QED) is 0.399. The molecule has 0 aliphatic rings. The summed E-state index contributed by atoms with van der Waals surface area (Å²) >= 11 is 0. The van der Waals surface area contributed by atoms with Gasteiger partial charge in [0.05, 0.1) is 12.9 Å². The Labute approximate surface area is 96.9 Å². The molecule has 0 amide bonds. The van der Waals surface area contributed by atoms with Crippen LogP contribution in [0.15, 0.2) is 42.7 Å². The highest BCUT2D eigenvalue weighted by molar-refractivity contribution is 5.89. The van der Waals surface area contributed by atoms with Crippen LogP contribution in [0.1, 0.15) is 25.3 Å². The SMILES string of the molecule is CCCC(=O)C=COCCc1ccccc1. The second kappa shape index (κ2) is 7.69. The Morgan fingerprint density at radius 1 is 1.31 bits per heavy atom. The first-order chi connectivity index (χ1) is 7.83. The summed E-state index contributed by atoms with van der Waals surface area (Å²) in [6.07, 6.45) is 5.36. The van der Waals surface area contributed by atoms with E-state index in [4.69, 9.17) is 4.74 Å². The molecular formula is C14H18O2. The largest absolute Gasteiger partial charge is 0.501 e. The Kier molecular flexibility index (Phi) is 6.00. The summed E-state index contributed by atoms with van der Waals surface area (Å²) in [5.74, 6) is 0.127. The van der Waals surface area contributed by atoms with Crippen molar-refractivity contribution < 1.29 is 9.53 Å². The summed E-state index contributed by atoms with van der Waals surface area (Å²) in [7, 11) is 0. The van der Waals surface area contributed by atoms with Gasteiger partial charge in [-0.3, -0.25) is 4.79 Å². The number of benzene rings is 1. The average molecular weight is 218 g/mol. The molecule has 0 radical (unpaired) electrons. The van der Waals surface area contributed by atoms with Crippen LogP contribution in [0.3, 0.4) is 0 Å². The van der Waals surface area contributed by atoms with Gasteiger partial charge in [-0.15, -0.1) is 0 Å². The first kappa shape index (κ1) is 12.5. The molecule has 1 aromatic carbocycles. The molecule has 0 N–H and O–H groups in total. The highest BCUT2D eigenvalue weighted by Crippen LogP contribution is 1.99. The molecule has 1 aromatic rings. The molecular weight excluding hydrogens is 200 g/mol. The van der Waals surface area contributed by atoms with Crippen molar-refractivity contribution in [1.82, 2.24) is 0 Å². The maximum absolute atomic E-state index is 11.1. The van der Waals surface area contributed by atoms with Crippen LogP contribution in [0.25, 0.3) is 0 Å². The fourth-order valence-corrected chi connectivity index (χ4v) is 1.34. The number of ketones is 1. The topological polar surface area (TPSA) is 26.3 Å². The zero-order chi connectivity index (χ0) is 11.6. The molecule has 86 valence electrons. The van der Waals surface area contributed by atoms with Crippen LogP contribution in [0, 0.1) is 0 Å². The molecule has 2 nitrogen and oxygen atoms in total. The van der Waals surface area contributed by atoms with Crippen molar-refractivity contribution in [2.75, 3.05) is 6.61 Å². The van der Waals surface area contributed by atoms with Crippen LogP contribution in [0.5, 0.6) is 0 Å². The van der Waals surface area contributed by atoms with E-state index in [0.717, 1.165) is 12.8 Å². The lowest BCUT2D eigenvalue weighted by atomic mass is 10.2. The molecule has 0 aliphatic carbocycles. The number of allylic oxidation sites excluding steroid dienone is 1. The number of carbonyl (C=O) groups is 1. The van der Waals surface area contributed by atoms with Crippen molar-refractivity contribution >= 4 is 5.78 Å². The number of ether oxygens (including phenoxy) is 1. The lowest BCUT2D eigenvalue weighted by molar-refractivity contribution is -0.114. The molecule has 0 aliphatic heterocycles. The van der Waals surface area contributed by atoms with Crippen molar-refractivity contribution in [2.45, 2.75) is 26.2 Å². The first-order valence-corrected chi connectivity index (χ1v) is 5.68. The third-order valence-electron chi connectivity index (χ3n) is 2.20. The minimum atomic E-state index is 0.127. The maximum Gasteiger partial charge on any atom is 0.158 e. The Balaban J connectivity index is 2.15. The molecule has 0 saturated carbocycles. The van der Waals surface area contributed by atoms with E-state index in [0.29, 0.717) is 13.0 Å². The van der Waals surface area contributed by atoms with E-state index in [-0.39, 0.29) is 5.78 Å². The Bertz CT molecular complexity index is 328. The molecule has 1 rings (SSSR count). The third-order valence-corrected chi connectivity index (χ3v) is 2.20. The van der Waals surface area contributed by atoms with Gasteiger partial charge in [-0.25, -0.2) is 0 Å². The van der Waals surface area contributed by atoms with Crippen LogP contribution in [-0.2, 0) is 16.0 Å². The highest BCUT2D eigenvalue weighted by Gasteiger charge is 1.93. The molecule has 0 heterocycles. The summed E-state index contributed by atoms with van der Waals surface area (Å²) < 4.78 is 5.25. The van der Waals surface area contributed by atoms with Gasteiger partial charge in [0.1, 0.15) is 0 Å². The standard InChI is InChI=1S/C14H18O2/c1-2-6-14(15)10-12-16-11-9-13-7-4-3-5-8-13/h3-5,7-8,10,12H,2,6,9,11H2,1H3. The summed E-state index contributed by atoms with van der Waals surface area (Å²) in [5.41, 5.74) is 1.25. The van der Waals surface area contributed by atoms with E-state index in [1.54, 1.807) is 0 Å². The van der Waals surface area contributed by atoms with E-state index in [1.165, 1.54) is 17.9 Å². The van der Waals surface area contributed by atoms with Gasteiger partial charge in [0.15, 0.2) is 5.78 Å². The Morgan fingerprint density at radius 2 is 2.06 bits per heavy atom. The minimum absolute atomic E-state index is 0.127. The highest BCUT2D eigenvalue weighted by atomic mass is 16.5. The first-order valence-electron chi connectivity index (χ1n) is 5.68. The Hall–Kier alpha value is -1.57. The molecule has 0 aromatic heterocycles. The van der Waals surface area contributed by atoms with Crippen molar-refractivity contribution in [3.63, 3.8) is 0 Å². The lowest BCUT2D eigenvalue weighted by Crippen LogP contribution is -1.95. The van der Waals surface area contributed by atoms with E-state index in [2.05, 4.69) is 12.1 Å². The van der Waals surface area contributed by atoms with Crippen LogP contribution >= 0.6 is 0 Å². The maximum atomic E-state index is 11.1. The van der Waals surface area contributed by atoms with Gasteiger partial charge in [0, 0.05) is 18.9 Å². The zero-order valence-electron chi connectivity index (χ0n) is 9.69. The van der Waals surface area contributed by atoms with Crippen LogP contribution in [0.2, 0.25) is 0 Å². The van der Waals surface area contributed by atoms with Gasteiger partial charge in [-0.1, -0.05) is 37.3 Å². The molecule has 0 spiro atoms. The average Bonchev–Trinajstić information content (AvgIpc) is 2.30. The number of carbonyl (C=O) groups excluding carboxylic acids is 1. The van der Waals surface area contributed by atoms with Crippen molar-refractivity contribution in [2.24, 2.45) is 0 Å². The van der Waals surface area contributed by atoms with Gasteiger partial charge in [0.25, 0.3) is 0 Å². The van der Waals surface area contributed by atoms with Crippen molar-refractivity contribution in [1.29, 1.82) is 0 Å². The summed E-state index contributed by atoms with van der Waals surface area (Å²) in [6, 6.07) is 10.1. The van der Waals surface area contributed by atoms with Crippen LogP contribution < -0.4 is 0 Å². The van der Waals surface area contributed by atoms with E-state index >= 15 is 0 Å². The second-order valence-corrected chi connectivity index (χ2v) is 3.63. The fraction of sp³-hybridized carbons (Fsp3) is 0.357. The van der Waals surface area contributed by atoms with E-state index in [9.17, 15) is 4.79 Å². The molecule has 0 atom stereocenters. The molecule has 0 bridgehead atoms. The predicted octanol–water partition coefficient (Wildman–Crippen LogP) is 3.13. The molecule has 0 unspecified atom stereocenters. The zero-order valence-corrected chi connectivity index (χ0v) is 9.69. The van der Waals surface area contributed by atoms with Gasteiger partial charge in [-0.2, -0.15) is 0 Å². The molecule has 2 heteroatoms. The molecule has 0 saturated heterocycles. The number of rotatable bonds is 7. The fourth-order valence-electron chi connectivity index (χ4n) is 1.34. The van der Waals surface area contributed by atoms with E-state index in [1.807, 2.05) is 25.1 Å². The van der Waals surface area contributed by atoms with Gasteiger partial charge >= 0.3 is 0 Å². The van der Waals surface area contributed by atoms with Gasteiger partial charge in [0.2, 0.25) is 0 Å². The predicted molar refractivity (Wildman–Crippen MR) is 65.2 cm³/mol. The lowest BCUT2D eigenvalue weighted by Gasteiger charge is -2.00. The summed E-state index contributed by atoms with van der Waals surface area (Å²) in [5, 5.41) is 0. The number of hydrogen-bond acceptors (Lipinski definition) is 2. The van der Waals surface area contributed by atoms with Crippen molar-refractivity contribution in [3.8, 4) is 0 Å². The van der Waals surface area contributed by atoms with E-state index < -0.39 is 0 Å². The van der Waals surface area contributed by atoms with Crippen LogP contribution in [-0.4, -0.2) is 12.4 Å². The normalized spacial score (nSPS) is 10.6. The molecule has 0 fully saturated rings. The monoisotopic (exact) mass is 218 g/mol. The summed E-state index contributed by atoms with van der Waals surface area (Å²) in [4.78, 5) is 11.1. The van der Waals surface area contributed by atoms with Gasteiger partial charge in [-0.05, 0) is 12.0 Å². The number of hydrogen-bond donors (Lipinski definition) is 0. The second-order valence-electron chi connectivity index (χ2n) is 3.63. The Morgan fingerprint density at radius 3 is 2.75 bits per heavy atom.